The molecule has 3 amide bonds. The zero-order chi connectivity index (χ0) is 27.1. The highest BCUT2D eigenvalue weighted by Crippen LogP contribution is 2.56. The van der Waals surface area contributed by atoms with E-state index in [0.717, 1.165) is 63.4 Å². The van der Waals surface area contributed by atoms with E-state index >= 15 is 0 Å². The number of benzene rings is 1. The van der Waals surface area contributed by atoms with Crippen molar-refractivity contribution in [2.24, 2.45) is 17.8 Å². The Labute approximate surface area is 232 Å². The van der Waals surface area contributed by atoms with Gasteiger partial charge in [-0.05, 0) is 56.2 Å². The van der Waals surface area contributed by atoms with Gasteiger partial charge in [-0.1, -0.05) is 76.2 Å². The molecule has 39 heavy (non-hydrogen) atoms. The first kappa shape index (κ1) is 26.5. The number of hydrogen-bond donors (Lipinski definition) is 2. The molecule has 0 radical (unpaired) electrons. The summed E-state index contributed by atoms with van der Waals surface area (Å²) in [6, 6.07) is 7.05. The summed E-state index contributed by atoms with van der Waals surface area (Å²) in [4.78, 5) is 44.2. The maximum Gasteiger partial charge on any atom is 0.246 e. The standard InChI is InChI=1S/C32H43N3O4/c1-20-11-10-13-22(19-20)33-29(36)26-25-17-18-32(39-25)27(26)31(38)35(23-14-6-4-3-5-7-15-23)28(32)30(37)34-24-16-9-8-12-21(24)2/h10-11,13,17-19,21,23-28H,3-9,12,14-16H2,1-2H3,(H,33,36)(H,34,37)/t21-,24-,25-,26+,27-,28-,32-/m0/s1. The molecule has 0 aromatic heterocycles. The normalized spacial score (nSPS) is 36.4. The summed E-state index contributed by atoms with van der Waals surface area (Å²) >= 11 is 0. The van der Waals surface area contributed by atoms with Crippen LogP contribution in [0.1, 0.15) is 83.1 Å². The molecule has 1 aromatic carbocycles. The van der Waals surface area contributed by atoms with E-state index in [2.05, 4.69) is 17.6 Å². The fourth-order valence-electron chi connectivity index (χ4n) is 8.05. The Morgan fingerprint density at radius 2 is 1.69 bits per heavy atom. The van der Waals surface area contributed by atoms with Crippen LogP contribution in [0.25, 0.3) is 0 Å². The molecule has 3 aliphatic heterocycles. The van der Waals surface area contributed by atoms with Gasteiger partial charge >= 0.3 is 0 Å². The van der Waals surface area contributed by atoms with Gasteiger partial charge in [0, 0.05) is 17.8 Å². The smallest absolute Gasteiger partial charge is 0.246 e. The first-order chi connectivity index (χ1) is 18.9. The molecule has 0 unspecified atom stereocenters. The van der Waals surface area contributed by atoms with Crippen LogP contribution in [0.2, 0.25) is 0 Å². The minimum atomic E-state index is -1.10. The molecule has 6 rings (SSSR count). The van der Waals surface area contributed by atoms with Gasteiger partial charge in [-0.25, -0.2) is 0 Å². The van der Waals surface area contributed by atoms with Crippen LogP contribution in [0.15, 0.2) is 36.4 Å². The number of anilines is 1. The van der Waals surface area contributed by atoms with Gasteiger partial charge in [0.25, 0.3) is 0 Å². The van der Waals surface area contributed by atoms with Gasteiger partial charge in [0.1, 0.15) is 11.6 Å². The summed E-state index contributed by atoms with van der Waals surface area (Å²) < 4.78 is 6.58. The molecule has 2 aliphatic carbocycles. The molecule has 4 fully saturated rings. The Morgan fingerprint density at radius 1 is 0.974 bits per heavy atom. The summed E-state index contributed by atoms with van der Waals surface area (Å²) in [6.07, 6.45) is 15.2. The number of nitrogens with one attached hydrogen (secondary N) is 2. The van der Waals surface area contributed by atoms with Crippen molar-refractivity contribution in [1.29, 1.82) is 0 Å². The van der Waals surface area contributed by atoms with Crippen molar-refractivity contribution in [2.45, 2.75) is 114 Å². The van der Waals surface area contributed by atoms with Crippen LogP contribution in [-0.2, 0) is 19.1 Å². The average Bonchev–Trinajstić information content (AvgIpc) is 3.53. The van der Waals surface area contributed by atoms with Crippen LogP contribution in [-0.4, -0.2) is 52.5 Å². The van der Waals surface area contributed by atoms with E-state index < -0.39 is 29.6 Å². The molecule has 2 bridgehead atoms. The van der Waals surface area contributed by atoms with E-state index in [9.17, 15) is 14.4 Å². The topological polar surface area (TPSA) is 87.7 Å². The second-order valence-electron chi connectivity index (χ2n) is 12.7. The Balaban J connectivity index is 1.33. The Bertz CT molecular complexity index is 1140. The van der Waals surface area contributed by atoms with Gasteiger partial charge in [0.2, 0.25) is 17.7 Å². The zero-order valence-corrected chi connectivity index (χ0v) is 23.4. The van der Waals surface area contributed by atoms with Crippen molar-refractivity contribution in [3.8, 4) is 0 Å². The highest BCUT2D eigenvalue weighted by atomic mass is 16.5. The maximum atomic E-state index is 14.4. The van der Waals surface area contributed by atoms with Gasteiger partial charge < -0.3 is 20.3 Å². The number of nitrogens with zero attached hydrogens (tertiary/aromatic N) is 1. The van der Waals surface area contributed by atoms with Crippen LogP contribution >= 0.6 is 0 Å². The first-order valence-corrected chi connectivity index (χ1v) is 15.3. The monoisotopic (exact) mass is 533 g/mol. The number of carbonyl (C=O) groups is 3. The van der Waals surface area contributed by atoms with Gasteiger partial charge in [-0.3, -0.25) is 14.4 Å². The summed E-state index contributed by atoms with van der Waals surface area (Å²) in [6.45, 7) is 4.19. The first-order valence-electron chi connectivity index (χ1n) is 15.3. The van der Waals surface area contributed by atoms with E-state index in [0.29, 0.717) is 11.6 Å². The van der Waals surface area contributed by atoms with Crippen molar-refractivity contribution >= 4 is 23.4 Å². The van der Waals surface area contributed by atoms with Crippen molar-refractivity contribution < 1.29 is 19.1 Å². The molecule has 3 heterocycles. The average molecular weight is 534 g/mol. The Morgan fingerprint density at radius 3 is 2.44 bits per heavy atom. The van der Waals surface area contributed by atoms with E-state index in [1.54, 1.807) is 0 Å². The summed E-state index contributed by atoms with van der Waals surface area (Å²) in [5, 5.41) is 6.40. The molecule has 2 N–H and O–H groups in total. The molecule has 7 atom stereocenters. The maximum absolute atomic E-state index is 14.4. The summed E-state index contributed by atoms with van der Waals surface area (Å²) in [5.41, 5.74) is 0.666. The molecule has 7 nitrogen and oxygen atoms in total. The predicted octanol–water partition coefficient (Wildman–Crippen LogP) is 4.89. The molecule has 210 valence electrons. The largest absolute Gasteiger partial charge is 0.359 e. The number of hydrogen-bond acceptors (Lipinski definition) is 4. The van der Waals surface area contributed by atoms with Gasteiger partial charge in [-0.15, -0.1) is 0 Å². The third-order valence-electron chi connectivity index (χ3n) is 10.1. The van der Waals surface area contributed by atoms with Crippen LogP contribution in [0.3, 0.4) is 0 Å². The fourth-order valence-corrected chi connectivity index (χ4v) is 8.05. The lowest BCUT2D eigenvalue weighted by molar-refractivity contribution is -0.144. The lowest BCUT2D eigenvalue weighted by Crippen LogP contribution is -2.59. The second kappa shape index (κ2) is 10.7. The second-order valence-corrected chi connectivity index (χ2v) is 12.7. The SMILES string of the molecule is Cc1cccc(NC(=O)[C@@H]2[C@@H]3C=C[C@]4(O3)[C@@H]2C(=O)N(C2CCCCCCC2)[C@H]4C(=O)N[C@H]2CCCC[C@@H]2C)c1. The van der Waals surface area contributed by atoms with E-state index in [1.807, 2.05) is 48.2 Å². The van der Waals surface area contributed by atoms with Crippen molar-refractivity contribution in [3.63, 3.8) is 0 Å². The van der Waals surface area contributed by atoms with Crippen molar-refractivity contribution in [2.75, 3.05) is 5.32 Å². The molecular formula is C32H43N3O4. The number of aryl methyl sites for hydroxylation is 1. The van der Waals surface area contributed by atoms with Crippen molar-refractivity contribution in [1.82, 2.24) is 10.2 Å². The molecule has 2 saturated heterocycles. The van der Waals surface area contributed by atoms with E-state index in [4.69, 9.17) is 4.74 Å². The lowest BCUT2D eigenvalue weighted by Gasteiger charge is -2.39. The minimum absolute atomic E-state index is 0.00571. The lowest BCUT2D eigenvalue weighted by atomic mass is 9.74. The third-order valence-corrected chi connectivity index (χ3v) is 10.1. The molecule has 5 aliphatic rings. The zero-order valence-electron chi connectivity index (χ0n) is 23.4. The fraction of sp³-hybridized carbons (Fsp3) is 0.656. The van der Waals surface area contributed by atoms with Crippen LogP contribution < -0.4 is 10.6 Å². The molecule has 7 heteroatoms. The quantitative estimate of drug-likeness (QED) is 0.528. The van der Waals surface area contributed by atoms with Crippen LogP contribution in [0.4, 0.5) is 5.69 Å². The Kier molecular flexibility index (Phi) is 7.30. The molecule has 2 saturated carbocycles. The Hall–Kier alpha value is -2.67. The van der Waals surface area contributed by atoms with Gasteiger partial charge in [0.15, 0.2) is 0 Å². The summed E-state index contributed by atoms with van der Waals surface area (Å²) in [7, 11) is 0. The number of amides is 3. The number of likely N-dealkylation sites (tertiary alicyclic amines) is 1. The highest BCUT2D eigenvalue weighted by Gasteiger charge is 2.73. The predicted molar refractivity (Wildman–Crippen MR) is 150 cm³/mol. The van der Waals surface area contributed by atoms with E-state index in [1.165, 1.54) is 12.8 Å². The number of carbonyl (C=O) groups excluding carboxylic acids is 3. The van der Waals surface area contributed by atoms with E-state index in [-0.39, 0.29) is 29.8 Å². The molecule has 1 spiro atoms. The number of rotatable bonds is 5. The molecular weight excluding hydrogens is 490 g/mol. The van der Waals surface area contributed by atoms with Crippen LogP contribution in [0.5, 0.6) is 0 Å². The minimum Gasteiger partial charge on any atom is -0.359 e. The van der Waals surface area contributed by atoms with Crippen molar-refractivity contribution in [3.05, 3.63) is 42.0 Å². The van der Waals surface area contributed by atoms with Crippen LogP contribution in [0, 0.1) is 24.7 Å². The highest BCUT2D eigenvalue weighted by molar-refractivity contribution is 6.03. The number of fused-ring (bicyclic) bond motifs is 1. The number of ether oxygens (including phenoxy) is 1. The molecule has 1 aromatic rings. The van der Waals surface area contributed by atoms with Gasteiger partial charge in [0.05, 0.1) is 17.9 Å². The van der Waals surface area contributed by atoms with Gasteiger partial charge in [-0.2, -0.15) is 0 Å². The summed E-state index contributed by atoms with van der Waals surface area (Å²) in [5.74, 6) is -1.36. The third kappa shape index (κ3) is 4.71.